The van der Waals surface area contributed by atoms with Crippen LogP contribution in [-0.2, 0) is 0 Å². The molecule has 0 aliphatic rings. The van der Waals surface area contributed by atoms with Gasteiger partial charge < -0.3 is 10.2 Å². The molecule has 0 aliphatic heterocycles. The number of nitriles is 1. The van der Waals surface area contributed by atoms with E-state index >= 15 is 0 Å². The molecule has 3 heteroatoms. The molecule has 0 radical (unpaired) electrons. The van der Waals surface area contributed by atoms with E-state index in [2.05, 4.69) is 30.4 Å². The van der Waals surface area contributed by atoms with Crippen LogP contribution in [0.25, 0.3) is 0 Å². The van der Waals surface area contributed by atoms with E-state index < -0.39 is 0 Å². The molecule has 16 heavy (non-hydrogen) atoms. The molecule has 0 aliphatic carbocycles. The lowest BCUT2D eigenvalue weighted by atomic mass is 10.1. The average molecular weight is 217 g/mol. The zero-order valence-corrected chi connectivity index (χ0v) is 10.2. The van der Waals surface area contributed by atoms with Gasteiger partial charge >= 0.3 is 0 Å². The van der Waals surface area contributed by atoms with Gasteiger partial charge in [-0.3, -0.25) is 0 Å². The Morgan fingerprint density at radius 2 is 2.12 bits per heavy atom. The van der Waals surface area contributed by atoms with E-state index in [0.29, 0.717) is 0 Å². The molecule has 0 spiro atoms. The molecular formula is C13H19N3. The zero-order chi connectivity index (χ0) is 12.0. The van der Waals surface area contributed by atoms with Gasteiger partial charge in [0.2, 0.25) is 0 Å². The normalized spacial score (nSPS) is 10.2. The Balaban J connectivity index is 2.57. The maximum Gasteiger partial charge on any atom is 0.101 e. The topological polar surface area (TPSA) is 39.1 Å². The van der Waals surface area contributed by atoms with Gasteiger partial charge in [-0.15, -0.1) is 0 Å². The molecule has 86 valence electrons. The molecule has 0 unspecified atom stereocenters. The van der Waals surface area contributed by atoms with E-state index in [-0.39, 0.29) is 0 Å². The molecule has 1 aromatic rings. The van der Waals surface area contributed by atoms with Crippen molar-refractivity contribution in [3.63, 3.8) is 0 Å². The first-order valence-corrected chi connectivity index (χ1v) is 5.53. The Bertz CT molecular complexity index is 377. The number of para-hydroxylation sites is 1. The maximum atomic E-state index is 8.99. The van der Waals surface area contributed by atoms with Gasteiger partial charge in [-0.25, -0.2) is 0 Å². The monoisotopic (exact) mass is 217 g/mol. The van der Waals surface area contributed by atoms with Crippen LogP contribution in [0.5, 0.6) is 0 Å². The van der Waals surface area contributed by atoms with E-state index in [1.54, 1.807) is 0 Å². The minimum Gasteiger partial charge on any atom is -0.384 e. The highest BCUT2D eigenvalue weighted by molar-refractivity contribution is 5.62. The summed E-state index contributed by atoms with van der Waals surface area (Å²) in [5.74, 6) is 0. The van der Waals surface area contributed by atoms with Gasteiger partial charge in [0.1, 0.15) is 6.07 Å². The lowest BCUT2D eigenvalue weighted by Gasteiger charge is -2.13. The molecule has 1 N–H and O–H groups in total. The van der Waals surface area contributed by atoms with Crippen molar-refractivity contribution in [3.05, 3.63) is 29.3 Å². The number of anilines is 1. The first-order valence-electron chi connectivity index (χ1n) is 5.53. The maximum absolute atomic E-state index is 8.99. The predicted octanol–water partition coefficient (Wildman–Crippen LogP) is 2.23. The third-order valence-corrected chi connectivity index (χ3v) is 2.48. The summed E-state index contributed by atoms with van der Waals surface area (Å²) in [6.07, 6.45) is 1.08. The summed E-state index contributed by atoms with van der Waals surface area (Å²) in [4.78, 5) is 2.16. The third-order valence-electron chi connectivity index (χ3n) is 2.48. The molecule has 0 aromatic heterocycles. The van der Waals surface area contributed by atoms with Crippen molar-refractivity contribution < 1.29 is 0 Å². The van der Waals surface area contributed by atoms with Crippen LogP contribution in [0.3, 0.4) is 0 Å². The number of benzene rings is 1. The van der Waals surface area contributed by atoms with Gasteiger partial charge in [-0.1, -0.05) is 12.1 Å². The van der Waals surface area contributed by atoms with Crippen LogP contribution in [0, 0.1) is 18.3 Å². The second kappa shape index (κ2) is 6.14. The SMILES string of the molecule is Cc1cccc(C#N)c1NCCCN(C)C. The Hall–Kier alpha value is -1.53. The van der Waals surface area contributed by atoms with Gasteiger partial charge in [0.05, 0.1) is 11.3 Å². The third kappa shape index (κ3) is 3.56. The van der Waals surface area contributed by atoms with Crippen molar-refractivity contribution >= 4 is 5.69 Å². The molecule has 0 saturated heterocycles. The predicted molar refractivity (Wildman–Crippen MR) is 67.6 cm³/mol. The van der Waals surface area contributed by atoms with E-state index in [1.165, 1.54) is 0 Å². The number of rotatable bonds is 5. The minimum absolute atomic E-state index is 0.727. The second-order valence-electron chi connectivity index (χ2n) is 4.19. The van der Waals surface area contributed by atoms with Crippen molar-refractivity contribution in [2.75, 3.05) is 32.5 Å². The quantitative estimate of drug-likeness (QED) is 0.769. The van der Waals surface area contributed by atoms with Crippen molar-refractivity contribution in [2.45, 2.75) is 13.3 Å². The molecule has 1 rings (SSSR count). The van der Waals surface area contributed by atoms with E-state index in [0.717, 1.165) is 36.3 Å². The number of nitrogens with zero attached hydrogens (tertiary/aromatic N) is 2. The first-order chi connectivity index (χ1) is 7.65. The van der Waals surface area contributed by atoms with Crippen LogP contribution in [0.2, 0.25) is 0 Å². The van der Waals surface area contributed by atoms with Crippen molar-refractivity contribution in [1.29, 1.82) is 5.26 Å². The summed E-state index contributed by atoms with van der Waals surface area (Å²) in [5.41, 5.74) is 2.83. The fourth-order valence-electron chi connectivity index (χ4n) is 1.60. The summed E-state index contributed by atoms with van der Waals surface area (Å²) in [5, 5.41) is 12.3. The lowest BCUT2D eigenvalue weighted by molar-refractivity contribution is 0.405. The van der Waals surface area contributed by atoms with Crippen LogP contribution < -0.4 is 5.32 Å². The Morgan fingerprint density at radius 1 is 1.38 bits per heavy atom. The molecule has 0 fully saturated rings. The molecule has 0 heterocycles. The first kappa shape index (κ1) is 12.5. The number of nitrogens with one attached hydrogen (secondary N) is 1. The van der Waals surface area contributed by atoms with Gasteiger partial charge in [0.15, 0.2) is 0 Å². The van der Waals surface area contributed by atoms with Gasteiger partial charge in [0, 0.05) is 6.54 Å². The number of aryl methyl sites for hydroxylation is 1. The Morgan fingerprint density at radius 3 is 2.75 bits per heavy atom. The van der Waals surface area contributed by atoms with Crippen LogP contribution in [0.1, 0.15) is 17.5 Å². The highest BCUT2D eigenvalue weighted by atomic mass is 15.1. The van der Waals surface area contributed by atoms with E-state index in [9.17, 15) is 0 Å². The van der Waals surface area contributed by atoms with Crippen LogP contribution in [-0.4, -0.2) is 32.1 Å². The summed E-state index contributed by atoms with van der Waals surface area (Å²) < 4.78 is 0. The largest absolute Gasteiger partial charge is 0.384 e. The highest BCUT2D eigenvalue weighted by Crippen LogP contribution is 2.19. The highest BCUT2D eigenvalue weighted by Gasteiger charge is 2.03. The van der Waals surface area contributed by atoms with Crippen molar-refractivity contribution in [2.24, 2.45) is 0 Å². The van der Waals surface area contributed by atoms with Gasteiger partial charge in [0.25, 0.3) is 0 Å². The smallest absolute Gasteiger partial charge is 0.101 e. The average Bonchev–Trinajstić information content (AvgIpc) is 2.25. The number of hydrogen-bond acceptors (Lipinski definition) is 3. The van der Waals surface area contributed by atoms with E-state index in [4.69, 9.17) is 5.26 Å². The molecule has 3 nitrogen and oxygen atoms in total. The summed E-state index contributed by atoms with van der Waals surface area (Å²) in [7, 11) is 4.13. The fraction of sp³-hybridized carbons (Fsp3) is 0.462. The van der Waals surface area contributed by atoms with Gasteiger partial charge in [-0.2, -0.15) is 5.26 Å². The Labute approximate surface area is 97.7 Å². The van der Waals surface area contributed by atoms with Crippen molar-refractivity contribution in [3.8, 4) is 6.07 Å². The summed E-state index contributed by atoms with van der Waals surface area (Å²) in [6.45, 7) is 3.98. The van der Waals surface area contributed by atoms with Gasteiger partial charge in [-0.05, 0) is 45.6 Å². The Kier molecular flexibility index (Phi) is 4.81. The lowest BCUT2D eigenvalue weighted by Crippen LogP contribution is -2.16. The van der Waals surface area contributed by atoms with E-state index in [1.807, 2.05) is 25.1 Å². The molecular weight excluding hydrogens is 198 g/mol. The standard InChI is InChI=1S/C13H19N3/c1-11-6-4-7-12(10-14)13(11)15-8-5-9-16(2)3/h4,6-7,15H,5,8-9H2,1-3H3. The molecule has 0 amide bonds. The molecule has 0 saturated carbocycles. The zero-order valence-electron chi connectivity index (χ0n) is 10.2. The summed E-state index contributed by atoms with van der Waals surface area (Å²) >= 11 is 0. The van der Waals surface area contributed by atoms with Crippen LogP contribution in [0.15, 0.2) is 18.2 Å². The van der Waals surface area contributed by atoms with Crippen molar-refractivity contribution in [1.82, 2.24) is 4.90 Å². The second-order valence-corrected chi connectivity index (χ2v) is 4.19. The molecule has 0 atom stereocenters. The summed E-state index contributed by atoms with van der Waals surface area (Å²) in [6, 6.07) is 8.00. The molecule has 1 aromatic carbocycles. The van der Waals surface area contributed by atoms with Crippen LogP contribution >= 0.6 is 0 Å². The molecule has 0 bridgehead atoms. The van der Waals surface area contributed by atoms with Crippen LogP contribution in [0.4, 0.5) is 5.69 Å². The minimum atomic E-state index is 0.727. The fourth-order valence-corrected chi connectivity index (χ4v) is 1.60. The number of hydrogen-bond donors (Lipinski definition) is 1.